The number of nitrogen functional groups attached to an aromatic ring is 1. The van der Waals surface area contributed by atoms with Crippen LogP contribution in [0.5, 0.6) is 0 Å². The summed E-state index contributed by atoms with van der Waals surface area (Å²) in [5, 5.41) is 0. The molecule has 1 saturated carbocycles. The Morgan fingerprint density at radius 1 is 1.25 bits per heavy atom. The zero-order chi connectivity index (χ0) is 13.7. The summed E-state index contributed by atoms with van der Waals surface area (Å²) < 4.78 is 3.31. The molecule has 2 aromatic heterocycles. The zero-order valence-corrected chi connectivity index (χ0v) is 12.3. The lowest BCUT2D eigenvalue weighted by atomic mass is 10.3. The Morgan fingerprint density at radius 3 is 2.85 bits per heavy atom. The molecule has 0 bridgehead atoms. The highest BCUT2D eigenvalue weighted by Crippen LogP contribution is 2.41. The number of hydrogen-bond donors (Lipinski definition) is 1. The summed E-state index contributed by atoms with van der Waals surface area (Å²) in [6.07, 6.45) is 4.15. The molecule has 0 amide bonds. The van der Waals surface area contributed by atoms with Gasteiger partial charge in [-0.05, 0) is 43.2 Å². The average Bonchev–Trinajstić information content (AvgIpc) is 3.20. The van der Waals surface area contributed by atoms with Crippen molar-refractivity contribution >= 4 is 32.7 Å². The lowest BCUT2D eigenvalue weighted by molar-refractivity contribution is 0.772. The van der Waals surface area contributed by atoms with Gasteiger partial charge in [0.05, 0.1) is 16.7 Å². The van der Waals surface area contributed by atoms with Crippen LogP contribution in [0, 0.1) is 0 Å². The fourth-order valence-corrected chi connectivity index (χ4v) is 2.89. The summed E-state index contributed by atoms with van der Waals surface area (Å²) in [5.41, 5.74) is 9.64. The minimum absolute atomic E-state index is 0.526. The Morgan fingerprint density at radius 2 is 2.10 bits per heavy atom. The molecule has 1 fully saturated rings. The normalized spacial score (nSPS) is 14.8. The minimum Gasteiger partial charge on any atom is -0.397 e. The first-order valence-corrected chi connectivity index (χ1v) is 7.41. The number of fused-ring (bicyclic) bond motifs is 1. The van der Waals surface area contributed by atoms with Gasteiger partial charge in [-0.1, -0.05) is 15.9 Å². The molecule has 5 heteroatoms. The second-order valence-electron chi connectivity index (χ2n) is 5.11. The van der Waals surface area contributed by atoms with Gasteiger partial charge < -0.3 is 10.3 Å². The summed E-state index contributed by atoms with van der Waals surface area (Å²) in [7, 11) is 0. The molecule has 100 valence electrons. The Labute approximate surface area is 124 Å². The van der Waals surface area contributed by atoms with Gasteiger partial charge >= 0.3 is 0 Å². The monoisotopic (exact) mass is 328 g/mol. The number of anilines is 1. The van der Waals surface area contributed by atoms with E-state index in [1.807, 2.05) is 18.2 Å². The van der Waals surface area contributed by atoms with Crippen molar-refractivity contribution < 1.29 is 0 Å². The van der Waals surface area contributed by atoms with E-state index < -0.39 is 0 Å². The number of aromatic nitrogens is 3. The standard InChI is InChI=1S/C15H13BrN4/c16-9-3-6-13-12(8-9)19-15(20(13)10-4-5-10)14-11(17)2-1-7-18-14/h1-3,6-8,10H,4-5,17H2. The second-order valence-corrected chi connectivity index (χ2v) is 6.03. The number of imidazole rings is 1. The summed E-state index contributed by atoms with van der Waals surface area (Å²) in [5.74, 6) is 0.874. The number of rotatable bonds is 2. The maximum atomic E-state index is 6.07. The van der Waals surface area contributed by atoms with Crippen LogP contribution in [0.4, 0.5) is 5.69 Å². The van der Waals surface area contributed by atoms with Crippen molar-refractivity contribution in [1.29, 1.82) is 0 Å². The molecule has 0 aliphatic heterocycles. The first-order chi connectivity index (χ1) is 9.74. The van der Waals surface area contributed by atoms with Crippen molar-refractivity contribution in [3.8, 4) is 11.5 Å². The number of nitrogens with zero attached hydrogens (tertiary/aromatic N) is 3. The van der Waals surface area contributed by atoms with E-state index in [1.54, 1.807) is 6.20 Å². The van der Waals surface area contributed by atoms with Crippen molar-refractivity contribution in [3.05, 3.63) is 41.0 Å². The van der Waals surface area contributed by atoms with Gasteiger partial charge in [0.15, 0.2) is 5.82 Å². The lowest BCUT2D eigenvalue weighted by Gasteiger charge is -2.08. The summed E-state index contributed by atoms with van der Waals surface area (Å²) >= 11 is 3.50. The highest BCUT2D eigenvalue weighted by Gasteiger charge is 2.29. The van der Waals surface area contributed by atoms with Gasteiger partial charge in [-0.15, -0.1) is 0 Å². The van der Waals surface area contributed by atoms with Crippen molar-refractivity contribution in [2.45, 2.75) is 18.9 Å². The third-order valence-electron chi connectivity index (χ3n) is 3.61. The van der Waals surface area contributed by atoms with Gasteiger partial charge in [0, 0.05) is 16.7 Å². The molecule has 20 heavy (non-hydrogen) atoms. The van der Waals surface area contributed by atoms with Crippen LogP contribution in [0.3, 0.4) is 0 Å². The Bertz CT molecular complexity index is 805. The van der Waals surface area contributed by atoms with E-state index in [9.17, 15) is 0 Å². The quantitative estimate of drug-likeness (QED) is 0.778. The van der Waals surface area contributed by atoms with E-state index in [4.69, 9.17) is 10.7 Å². The molecule has 0 atom stereocenters. The molecule has 4 rings (SSSR count). The first-order valence-electron chi connectivity index (χ1n) is 6.62. The van der Waals surface area contributed by atoms with Gasteiger partial charge in [-0.2, -0.15) is 0 Å². The zero-order valence-electron chi connectivity index (χ0n) is 10.8. The van der Waals surface area contributed by atoms with Gasteiger partial charge in [0.1, 0.15) is 5.69 Å². The number of halogens is 1. The fourth-order valence-electron chi connectivity index (χ4n) is 2.55. The van der Waals surface area contributed by atoms with Crippen molar-refractivity contribution in [2.24, 2.45) is 0 Å². The molecule has 2 heterocycles. The molecule has 1 aliphatic rings. The summed E-state index contributed by atoms with van der Waals surface area (Å²) in [4.78, 5) is 9.17. The third-order valence-corrected chi connectivity index (χ3v) is 4.11. The molecule has 0 spiro atoms. The largest absolute Gasteiger partial charge is 0.397 e. The summed E-state index contributed by atoms with van der Waals surface area (Å²) in [6, 6.07) is 10.4. The van der Waals surface area contributed by atoms with Crippen LogP contribution in [-0.2, 0) is 0 Å². The Balaban J connectivity index is 2.03. The summed E-state index contributed by atoms with van der Waals surface area (Å²) in [6.45, 7) is 0. The molecule has 1 aliphatic carbocycles. The van der Waals surface area contributed by atoms with Crippen molar-refractivity contribution in [1.82, 2.24) is 14.5 Å². The Hall–Kier alpha value is -1.88. The van der Waals surface area contributed by atoms with Crippen molar-refractivity contribution in [3.63, 3.8) is 0 Å². The van der Waals surface area contributed by atoms with Gasteiger partial charge in [0.25, 0.3) is 0 Å². The second kappa shape index (κ2) is 4.31. The van der Waals surface area contributed by atoms with E-state index in [0.717, 1.165) is 27.0 Å². The number of benzene rings is 1. The van der Waals surface area contributed by atoms with Crippen LogP contribution in [-0.4, -0.2) is 14.5 Å². The third kappa shape index (κ3) is 1.81. The predicted octanol–water partition coefficient (Wildman–Crippen LogP) is 3.78. The predicted molar refractivity (Wildman–Crippen MR) is 83.3 cm³/mol. The van der Waals surface area contributed by atoms with Gasteiger partial charge in [0.2, 0.25) is 0 Å². The average molecular weight is 329 g/mol. The van der Waals surface area contributed by atoms with E-state index >= 15 is 0 Å². The van der Waals surface area contributed by atoms with E-state index in [2.05, 4.69) is 37.6 Å². The van der Waals surface area contributed by atoms with Crippen molar-refractivity contribution in [2.75, 3.05) is 5.73 Å². The van der Waals surface area contributed by atoms with Crippen LogP contribution in [0.15, 0.2) is 41.0 Å². The van der Waals surface area contributed by atoms with Crippen LogP contribution < -0.4 is 5.73 Å². The van der Waals surface area contributed by atoms with E-state index in [0.29, 0.717) is 11.7 Å². The maximum Gasteiger partial charge on any atom is 0.162 e. The smallest absolute Gasteiger partial charge is 0.162 e. The lowest BCUT2D eigenvalue weighted by Crippen LogP contribution is -2.01. The number of pyridine rings is 1. The molecular weight excluding hydrogens is 316 g/mol. The molecule has 0 unspecified atom stereocenters. The molecule has 0 radical (unpaired) electrons. The molecular formula is C15H13BrN4. The highest BCUT2D eigenvalue weighted by atomic mass is 79.9. The topological polar surface area (TPSA) is 56.7 Å². The molecule has 1 aromatic carbocycles. The van der Waals surface area contributed by atoms with Crippen LogP contribution in [0.1, 0.15) is 18.9 Å². The molecule has 2 N–H and O–H groups in total. The van der Waals surface area contributed by atoms with Crippen LogP contribution in [0.2, 0.25) is 0 Å². The van der Waals surface area contributed by atoms with Crippen LogP contribution >= 0.6 is 15.9 Å². The molecule has 4 nitrogen and oxygen atoms in total. The highest BCUT2D eigenvalue weighted by molar-refractivity contribution is 9.10. The van der Waals surface area contributed by atoms with Gasteiger partial charge in [-0.3, -0.25) is 4.98 Å². The molecule has 3 aromatic rings. The van der Waals surface area contributed by atoms with E-state index in [1.165, 1.54) is 12.8 Å². The van der Waals surface area contributed by atoms with E-state index in [-0.39, 0.29) is 0 Å². The minimum atomic E-state index is 0.526. The Kier molecular flexibility index (Phi) is 2.57. The fraction of sp³-hybridized carbons (Fsp3) is 0.200. The van der Waals surface area contributed by atoms with Crippen LogP contribution in [0.25, 0.3) is 22.6 Å². The first kappa shape index (κ1) is 11.9. The number of nitrogens with two attached hydrogens (primary N) is 1. The molecule has 0 saturated heterocycles. The maximum absolute atomic E-state index is 6.07. The SMILES string of the molecule is Nc1cccnc1-c1nc2cc(Br)ccc2n1C1CC1. The van der Waals surface area contributed by atoms with Gasteiger partial charge in [-0.25, -0.2) is 4.98 Å². The number of hydrogen-bond acceptors (Lipinski definition) is 3.